The van der Waals surface area contributed by atoms with Gasteiger partial charge in [0.15, 0.2) is 4.77 Å². The summed E-state index contributed by atoms with van der Waals surface area (Å²) in [5, 5.41) is 0. The van der Waals surface area contributed by atoms with E-state index in [0.717, 1.165) is 11.3 Å². The number of hydrogen-bond acceptors (Lipinski definition) is 4. The van der Waals surface area contributed by atoms with Crippen LogP contribution in [0.4, 0.5) is 0 Å². The lowest BCUT2D eigenvalue weighted by atomic mass is 10.0. The summed E-state index contributed by atoms with van der Waals surface area (Å²) in [7, 11) is 3.22. The first-order chi connectivity index (χ1) is 10.1. The Kier molecular flexibility index (Phi) is 4.80. The molecule has 21 heavy (non-hydrogen) atoms. The van der Waals surface area contributed by atoms with Gasteiger partial charge in [0.2, 0.25) is 0 Å². The SMILES string of the molecule is CCc1c(Cc2cc(OC)cc(OC)c2)[nH]c(=S)[nH]c1=O. The van der Waals surface area contributed by atoms with Gasteiger partial charge in [-0.3, -0.25) is 9.78 Å². The molecule has 2 rings (SSSR count). The van der Waals surface area contributed by atoms with Crippen LogP contribution >= 0.6 is 12.2 Å². The van der Waals surface area contributed by atoms with E-state index >= 15 is 0 Å². The molecule has 6 heteroatoms. The fraction of sp³-hybridized carbons (Fsp3) is 0.333. The van der Waals surface area contributed by atoms with Crippen LogP contribution in [-0.4, -0.2) is 24.2 Å². The van der Waals surface area contributed by atoms with Gasteiger partial charge < -0.3 is 14.5 Å². The molecule has 0 spiro atoms. The van der Waals surface area contributed by atoms with Gasteiger partial charge in [0, 0.05) is 23.7 Å². The predicted octanol–water partition coefficient (Wildman–Crippen LogP) is 2.60. The van der Waals surface area contributed by atoms with E-state index in [1.165, 1.54) is 0 Å². The number of methoxy groups -OCH3 is 2. The fourth-order valence-corrected chi connectivity index (χ4v) is 2.47. The van der Waals surface area contributed by atoms with Gasteiger partial charge in [0.05, 0.1) is 14.2 Å². The van der Waals surface area contributed by atoms with Gasteiger partial charge in [0.25, 0.3) is 5.56 Å². The van der Waals surface area contributed by atoms with Crippen molar-refractivity contribution in [3.05, 3.63) is 50.1 Å². The van der Waals surface area contributed by atoms with Crippen molar-refractivity contribution in [2.75, 3.05) is 14.2 Å². The number of rotatable bonds is 5. The first-order valence-corrected chi connectivity index (χ1v) is 7.04. The number of hydrogen-bond donors (Lipinski definition) is 2. The molecule has 0 fully saturated rings. The standard InChI is InChI=1S/C15H18N2O3S/c1-4-12-13(16-15(21)17-14(12)18)7-9-5-10(19-2)8-11(6-9)20-3/h5-6,8H,4,7H2,1-3H3,(H2,16,17,18,21). The summed E-state index contributed by atoms with van der Waals surface area (Å²) in [5.74, 6) is 1.43. The zero-order chi connectivity index (χ0) is 15.4. The molecule has 2 aromatic rings. The molecular formula is C15H18N2O3S. The van der Waals surface area contributed by atoms with Crippen LogP contribution in [0.15, 0.2) is 23.0 Å². The molecule has 1 aromatic carbocycles. The lowest BCUT2D eigenvalue weighted by molar-refractivity contribution is 0.393. The second kappa shape index (κ2) is 6.58. The Morgan fingerprint density at radius 3 is 2.24 bits per heavy atom. The van der Waals surface area contributed by atoms with Crippen molar-refractivity contribution < 1.29 is 9.47 Å². The molecule has 0 unspecified atom stereocenters. The minimum atomic E-state index is -0.133. The molecule has 0 aliphatic rings. The van der Waals surface area contributed by atoms with Crippen LogP contribution in [0.25, 0.3) is 0 Å². The Morgan fingerprint density at radius 2 is 1.71 bits per heavy atom. The number of nitrogens with one attached hydrogen (secondary N) is 2. The van der Waals surface area contributed by atoms with E-state index in [1.807, 2.05) is 25.1 Å². The van der Waals surface area contributed by atoms with Crippen LogP contribution in [0.5, 0.6) is 11.5 Å². The zero-order valence-electron chi connectivity index (χ0n) is 12.3. The third-order valence-corrected chi connectivity index (χ3v) is 3.48. The number of ether oxygens (including phenoxy) is 2. The maximum Gasteiger partial charge on any atom is 0.255 e. The van der Waals surface area contributed by atoms with Gasteiger partial charge in [-0.1, -0.05) is 6.92 Å². The molecule has 1 aromatic heterocycles. The highest BCUT2D eigenvalue weighted by molar-refractivity contribution is 7.71. The largest absolute Gasteiger partial charge is 0.497 e. The summed E-state index contributed by atoms with van der Waals surface area (Å²) in [6.07, 6.45) is 1.20. The minimum Gasteiger partial charge on any atom is -0.497 e. The highest BCUT2D eigenvalue weighted by atomic mass is 32.1. The van der Waals surface area contributed by atoms with Gasteiger partial charge in [-0.25, -0.2) is 0 Å². The number of H-pyrrole nitrogens is 2. The van der Waals surface area contributed by atoms with E-state index in [1.54, 1.807) is 14.2 Å². The molecule has 5 nitrogen and oxygen atoms in total. The van der Waals surface area contributed by atoms with E-state index in [0.29, 0.717) is 34.7 Å². The van der Waals surface area contributed by atoms with Gasteiger partial charge in [-0.15, -0.1) is 0 Å². The average Bonchev–Trinajstić information content (AvgIpc) is 2.46. The molecule has 0 saturated heterocycles. The molecule has 1 heterocycles. The van der Waals surface area contributed by atoms with Crippen molar-refractivity contribution in [3.8, 4) is 11.5 Å². The molecule has 0 bridgehead atoms. The Balaban J connectivity index is 2.47. The highest BCUT2D eigenvalue weighted by Gasteiger charge is 2.09. The van der Waals surface area contributed by atoms with Crippen LogP contribution in [-0.2, 0) is 12.8 Å². The second-order valence-electron chi connectivity index (χ2n) is 4.62. The normalized spacial score (nSPS) is 10.4. The van der Waals surface area contributed by atoms with E-state index < -0.39 is 0 Å². The van der Waals surface area contributed by atoms with Crippen molar-refractivity contribution in [2.45, 2.75) is 19.8 Å². The summed E-state index contributed by atoms with van der Waals surface area (Å²) in [6.45, 7) is 1.94. The molecule has 112 valence electrons. The quantitative estimate of drug-likeness (QED) is 0.833. The van der Waals surface area contributed by atoms with Crippen molar-refractivity contribution in [1.29, 1.82) is 0 Å². The van der Waals surface area contributed by atoms with Crippen LogP contribution in [0.3, 0.4) is 0 Å². The minimum absolute atomic E-state index is 0.133. The number of benzene rings is 1. The van der Waals surface area contributed by atoms with Crippen LogP contribution in [0.1, 0.15) is 23.7 Å². The summed E-state index contributed by atoms with van der Waals surface area (Å²) in [6, 6.07) is 5.64. The van der Waals surface area contributed by atoms with E-state index in [-0.39, 0.29) is 5.56 Å². The molecule has 0 atom stereocenters. The van der Waals surface area contributed by atoms with E-state index in [4.69, 9.17) is 21.7 Å². The lowest BCUT2D eigenvalue weighted by Gasteiger charge is -2.10. The van der Waals surface area contributed by atoms with E-state index in [2.05, 4.69) is 9.97 Å². The first-order valence-electron chi connectivity index (χ1n) is 6.63. The van der Waals surface area contributed by atoms with Crippen molar-refractivity contribution in [3.63, 3.8) is 0 Å². The second-order valence-corrected chi connectivity index (χ2v) is 5.02. The smallest absolute Gasteiger partial charge is 0.255 e. The topological polar surface area (TPSA) is 67.1 Å². The van der Waals surface area contributed by atoms with Crippen LogP contribution in [0.2, 0.25) is 0 Å². The highest BCUT2D eigenvalue weighted by Crippen LogP contribution is 2.24. The monoisotopic (exact) mass is 306 g/mol. The zero-order valence-corrected chi connectivity index (χ0v) is 13.1. The Morgan fingerprint density at radius 1 is 1.10 bits per heavy atom. The van der Waals surface area contributed by atoms with Gasteiger partial charge in [0.1, 0.15) is 11.5 Å². The molecular weight excluding hydrogens is 288 g/mol. The summed E-state index contributed by atoms with van der Waals surface area (Å²) in [5.41, 5.74) is 2.38. The van der Waals surface area contributed by atoms with Gasteiger partial charge in [-0.2, -0.15) is 0 Å². The Labute approximate surface area is 127 Å². The summed E-state index contributed by atoms with van der Waals surface area (Å²) >= 11 is 5.05. The van der Waals surface area contributed by atoms with E-state index in [9.17, 15) is 4.79 Å². The molecule has 2 N–H and O–H groups in total. The number of aromatic amines is 2. The average molecular weight is 306 g/mol. The fourth-order valence-electron chi connectivity index (χ4n) is 2.26. The molecule has 0 saturated carbocycles. The molecule has 0 radical (unpaired) electrons. The maximum absolute atomic E-state index is 11.9. The van der Waals surface area contributed by atoms with Gasteiger partial charge in [-0.05, 0) is 36.3 Å². The first kappa shape index (κ1) is 15.3. The van der Waals surface area contributed by atoms with Crippen molar-refractivity contribution >= 4 is 12.2 Å². The Bertz CT molecular complexity index is 727. The summed E-state index contributed by atoms with van der Waals surface area (Å²) in [4.78, 5) is 17.6. The third kappa shape index (κ3) is 3.52. The predicted molar refractivity (Wildman–Crippen MR) is 84.0 cm³/mol. The Hall–Kier alpha value is -2.08. The lowest BCUT2D eigenvalue weighted by Crippen LogP contribution is -2.17. The maximum atomic E-state index is 11.9. The third-order valence-electron chi connectivity index (χ3n) is 3.28. The van der Waals surface area contributed by atoms with Crippen molar-refractivity contribution in [2.24, 2.45) is 0 Å². The molecule has 0 aliphatic heterocycles. The van der Waals surface area contributed by atoms with Crippen molar-refractivity contribution in [1.82, 2.24) is 9.97 Å². The van der Waals surface area contributed by atoms with Gasteiger partial charge >= 0.3 is 0 Å². The van der Waals surface area contributed by atoms with Crippen LogP contribution in [0, 0.1) is 4.77 Å². The van der Waals surface area contributed by atoms with Crippen LogP contribution < -0.4 is 15.0 Å². The molecule has 0 aliphatic carbocycles. The molecule has 0 amide bonds. The summed E-state index contributed by atoms with van der Waals surface area (Å²) < 4.78 is 10.9. The number of aromatic nitrogens is 2.